The molecule has 0 aliphatic rings. The number of hydrogen-bond donors (Lipinski definition) is 1. The maximum absolute atomic E-state index is 5.82. The average Bonchev–Trinajstić information content (AvgIpc) is 2.27. The molecule has 0 saturated heterocycles. The maximum Gasteiger partial charge on any atom is 0.146 e. The Morgan fingerprint density at radius 2 is 2.29 bits per heavy atom. The zero-order valence-corrected chi connectivity index (χ0v) is 8.57. The Hall–Kier alpha value is -1.61. The topological polar surface area (TPSA) is 42.1 Å². The number of nitrogens with two attached hydrogens (primary N) is 1. The van der Waals surface area contributed by atoms with E-state index in [0.717, 1.165) is 17.1 Å². The van der Waals surface area contributed by atoms with E-state index in [0.29, 0.717) is 0 Å². The minimum absolute atomic E-state index is 0.728. The molecule has 1 aromatic heterocycles. The predicted molar refractivity (Wildman–Crippen MR) is 60.4 cm³/mol. The summed E-state index contributed by atoms with van der Waals surface area (Å²) in [6.07, 6.45) is 5.42. The van der Waals surface area contributed by atoms with E-state index in [9.17, 15) is 0 Å². The number of hydrogen-bond acceptors (Lipinski definition) is 3. The minimum atomic E-state index is 0.728. The van der Waals surface area contributed by atoms with E-state index in [4.69, 9.17) is 5.84 Å². The lowest BCUT2D eigenvalue weighted by Gasteiger charge is -2.17. The molecule has 0 amide bonds. The number of nitrogens with zero attached hydrogens (tertiary/aromatic N) is 2. The summed E-state index contributed by atoms with van der Waals surface area (Å²) in [7, 11) is 0. The highest BCUT2D eigenvalue weighted by Crippen LogP contribution is 2.12. The average molecular weight is 189 g/mol. The van der Waals surface area contributed by atoms with Crippen LogP contribution in [0.3, 0.4) is 0 Å². The molecule has 0 spiro atoms. The number of anilines is 1. The third-order valence-electron chi connectivity index (χ3n) is 2.05. The third-order valence-corrected chi connectivity index (χ3v) is 2.05. The first-order chi connectivity index (χ1) is 6.69. The van der Waals surface area contributed by atoms with E-state index < -0.39 is 0 Å². The highest BCUT2D eigenvalue weighted by Gasteiger charge is 2.02. The van der Waals surface area contributed by atoms with Crippen LogP contribution in [0.5, 0.6) is 0 Å². The molecule has 0 aliphatic heterocycles. The van der Waals surface area contributed by atoms with Gasteiger partial charge in [0.25, 0.3) is 0 Å². The quantitative estimate of drug-likeness (QED) is 0.586. The van der Waals surface area contributed by atoms with Gasteiger partial charge in [0.15, 0.2) is 0 Å². The summed E-state index contributed by atoms with van der Waals surface area (Å²) in [4.78, 5) is 4.21. The largest absolute Gasteiger partial charge is 0.267 e. The van der Waals surface area contributed by atoms with E-state index in [1.165, 1.54) is 0 Å². The lowest BCUT2D eigenvalue weighted by atomic mass is 10.3. The van der Waals surface area contributed by atoms with Crippen LogP contribution in [0.1, 0.15) is 19.4 Å². The Balaban J connectivity index is 2.92. The highest BCUT2D eigenvalue weighted by atomic mass is 15.4. The van der Waals surface area contributed by atoms with Crippen molar-refractivity contribution in [2.45, 2.75) is 13.8 Å². The van der Waals surface area contributed by atoms with Crippen LogP contribution < -0.4 is 10.9 Å². The molecule has 0 bridgehead atoms. The van der Waals surface area contributed by atoms with Crippen LogP contribution >= 0.6 is 0 Å². The summed E-state index contributed by atoms with van der Waals surface area (Å²) in [5, 5.41) is 1.55. The SMILES string of the molecule is C=Cc1ccc(N(N)/C(C)=C\C)nc1. The van der Waals surface area contributed by atoms with Crippen LogP contribution in [0.25, 0.3) is 6.08 Å². The van der Waals surface area contributed by atoms with Gasteiger partial charge in [-0.25, -0.2) is 10.8 Å². The summed E-state index contributed by atoms with van der Waals surface area (Å²) in [5.41, 5.74) is 1.95. The van der Waals surface area contributed by atoms with Crippen LogP contribution in [0.2, 0.25) is 0 Å². The molecule has 0 atom stereocenters. The van der Waals surface area contributed by atoms with Crippen molar-refractivity contribution in [3.05, 3.63) is 42.2 Å². The Bertz CT molecular complexity index is 338. The molecule has 0 aromatic carbocycles. The van der Waals surface area contributed by atoms with Gasteiger partial charge in [0.05, 0.1) is 0 Å². The fourth-order valence-corrected chi connectivity index (χ4v) is 0.981. The van der Waals surface area contributed by atoms with E-state index >= 15 is 0 Å². The zero-order chi connectivity index (χ0) is 10.6. The number of rotatable bonds is 3. The van der Waals surface area contributed by atoms with Gasteiger partial charge >= 0.3 is 0 Å². The highest BCUT2D eigenvalue weighted by molar-refractivity contribution is 5.50. The molecule has 0 fully saturated rings. The molecule has 14 heavy (non-hydrogen) atoms. The summed E-state index contributed by atoms with van der Waals surface area (Å²) < 4.78 is 0. The second-order valence-corrected chi connectivity index (χ2v) is 2.95. The van der Waals surface area contributed by atoms with Crippen molar-refractivity contribution in [1.29, 1.82) is 0 Å². The Morgan fingerprint density at radius 3 is 2.71 bits per heavy atom. The summed E-state index contributed by atoms with van der Waals surface area (Å²) >= 11 is 0. The lowest BCUT2D eigenvalue weighted by Crippen LogP contribution is -2.29. The molecule has 1 heterocycles. The molecule has 1 aromatic rings. The van der Waals surface area contributed by atoms with Gasteiger partial charge in [-0.05, 0) is 31.5 Å². The van der Waals surface area contributed by atoms with Crippen molar-refractivity contribution in [2.75, 3.05) is 5.01 Å². The molecule has 1 rings (SSSR count). The van der Waals surface area contributed by atoms with Crippen LogP contribution in [0.4, 0.5) is 5.82 Å². The first-order valence-electron chi connectivity index (χ1n) is 4.45. The molecule has 3 heteroatoms. The van der Waals surface area contributed by atoms with Gasteiger partial charge in [0, 0.05) is 11.9 Å². The van der Waals surface area contributed by atoms with Crippen molar-refractivity contribution in [3.8, 4) is 0 Å². The number of allylic oxidation sites excluding steroid dienone is 2. The van der Waals surface area contributed by atoms with Crippen LogP contribution in [-0.4, -0.2) is 4.98 Å². The van der Waals surface area contributed by atoms with Gasteiger partial charge in [-0.1, -0.05) is 18.7 Å². The van der Waals surface area contributed by atoms with Crippen molar-refractivity contribution in [1.82, 2.24) is 4.98 Å². The fourth-order valence-electron chi connectivity index (χ4n) is 0.981. The Morgan fingerprint density at radius 1 is 1.57 bits per heavy atom. The van der Waals surface area contributed by atoms with Gasteiger partial charge in [0.2, 0.25) is 0 Å². The normalized spacial score (nSPS) is 11.2. The van der Waals surface area contributed by atoms with Crippen molar-refractivity contribution >= 4 is 11.9 Å². The monoisotopic (exact) mass is 189 g/mol. The molecule has 0 unspecified atom stereocenters. The summed E-state index contributed by atoms with van der Waals surface area (Å²) in [5.74, 6) is 6.55. The van der Waals surface area contributed by atoms with E-state index in [2.05, 4.69) is 11.6 Å². The lowest BCUT2D eigenvalue weighted by molar-refractivity contribution is 0.957. The van der Waals surface area contributed by atoms with Gasteiger partial charge < -0.3 is 0 Å². The molecule has 74 valence electrons. The van der Waals surface area contributed by atoms with Crippen molar-refractivity contribution in [2.24, 2.45) is 5.84 Å². The van der Waals surface area contributed by atoms with Crippen LogP contribution in [0, 0.1) is 0 Å². The Kier molecular flexibility index (Phi) is 3.42. The van der Waals surface area contributed by atoms with Gasteiger partial charge in [-0.15, -0.1) is 0 Å². The van der Waals surface area contributed by atoms with Gasteiger partial charge in [-0.2, -0.15) is 0 Å². The number of hydrazine groups is 1. The molecular weight excluding hydrogens is 174 g/mol. The van der Waals surface area contributed by atoms with Crippen molar-refractivity contribution in [3.63, 3.8) is 0 Å². The minimum Gasteiger partial charge on any atom is -0.267 e. The second kappa shape index (κ2) is 4.58. The molecule has 0 aliphatic carbocycles. The molecule has 0 saturated carbocycles. The van der Waals surface area contributed by atoms with E-state index in [-0.39, 0.29) is 0 Å². The maximum atomic E-state index is 5.82. The van der Waals surface area contributed by atoms with Gasteiger partial charge in [-0.3, -0.25) is 5.01 Å². The first kappa shape index (κ1) is 10.5. The van der Waals surface area contributed by atoms with E-state index in [1.807, 2.05) is 32.1 Å². The first-order valence-corrected chi connectivity index (χ1v) is 4.45. The van der Waals surface area contributed by atoms with Crippen molar-refractivity contribution < 1.29 is 0 Å². The molecule has 0 radical (unpaired) electrons. The van der Waals surface area contributed by atoms with E-state index in [1.54, 1.807) is 17.3 Å². The smallest absolute Gasteiger partial charge is 0.146 e. The van der Waals surface area contributed by atoms with Crippen LogP contribution in [0.15, 0.2) is 36.7 Å². The zero-order valence-electron chi connectivity index (χ0n) is 8.57. The summed E-state index contributed by atoms with van der Waals surface area (Å²) in [6.45, 7) is 7.53. The predicted octanol–water partition coefficient (Wildman–Crippen LogP) is 2.33. The third kappa shape index (κ3) is 2.20. The standard InChI is InChI=1S/C11H15N3/c1-4-9(3)14(12)11-7-6-10(5-2)8-13-11/h4-8H,2,12H2,1,3H3/b9-4-. The van der Waals surface area contributed by atoms with Gasteiger partial charge in [0.1, 0.15) is 5.82 Å². The molecule has 2 N–H and O–H groups in total. The summed E-state index contributed by atoms with van der Waals surface area (Å²) in [6, 6.07) is 3.79. The number of aromatic nitrogens is 1. The fraction of sp³-hybridized carbons (Fsp3) is 0.182. The second-order valence-electron chi connectivity index (χ2n) is 2.95. The van der Waals surface area contributed by atoms with Crippen LogP contribution in [-0.2, 0) is 0 Å². The number of pyridine rings is 1. The molecular formula is C11H15N3. The Labute approximate surface area is 84.5 Å². The molecule has 3 nitrogen and oxygen atoms in total.